The van der Waals surface area contributed by atoms with Crippen molar-refractivity contribution in [3.8, 4) is 5.75 Å². The fourth-order valence-electron chi connectivity index (χ4n) is 1.25. The van der Waals surface area contributed by atoms with Gasteiger partial charge in [-0.15, -0.1) is 0 Å². The summed E-state index contributed by atoms with van der Waals surface area (Å²) in [7, 11) is 1.37. The first kappa shape index (κ1) is 10.9. The first-order chi connectivity index (χ1) is 6.53. The van der Waals surface area contributed by atoms with Crippen LogP contribution in [0.4, 0.5) is 4.39 Å². The lowest BCUT2D eigenvalue weighted by Gasteiger charge is -2.24. The van der Waals surface area contributed by atoms with Crippen molar-refractivity contribution >= 4 is 0 Å². The topological polar surface area (TPSA) is 55.5 Å². The molecule has 0 saturated heterocycles. The molecule has 1 aromatic carbocycles. The molecule has 0 unspecified atom stereocenters. The summed E-state index contributed by atoms with van der Waals surface area (Å²) in [5.74, 6) is -0.387. The quantitative estimate of drug-likeness (QED) is 0.763. The molecule has 1 rings (SSSR count). The van der Waals surface area contributed by atoms with Crippen molar-refractivity contribution in [3.63, 3.8) is 0 Å². The zero-order valence-corrected chi connectivity index (χ0v) is 8.25. The SMILES string of the molecule is COc1c(F)cccc1[C@](C)(N)CO. The van der Waals surface area contributed by atoms with Crippen LogP contribution in [0.15, 0.2) is 18.2 Å². The first-order valence-electron chi connectivity index (χ1n) is 4.25. The molecule has 0 aromatic heterocycles. The maximum Gasteiger partial charge on any atom is 0.165 e. The van der Waals surface area contributed by atoms with Crippen molar-refractivity contribution in [1.82, 2.24) is 0 Å². The molecule has 0 aliphatic heterocycles. The summed E-state index contributed by atoms with van der Waals surface area (Å²) in [4.78, 5) is 0. The fourth-order valence-corrected chi connectivity index (χ4v) is 1.25. The molecule has 3 N–H and O–H groups in total. The van der Waals surface area contributed by atoms with E-state index in [9.17, 15) is 4.39 Å². The Morgan fingerprint density at radius 2 is 2.21 bits per heavy atom. The molecule has 4 heteroatoms. The maximum absolute atomic E-state index is 13.3. The predicted octanol–water partition coefficient (Wildman–Crippen LogP) is 1.00. The fraction of sp³-hybridized carbons (Fsp3) is 0.400. The van der Waals surface area contributed by atoms with Crippen molar-refractivity contribution in [3.05, 3.63) is 29.6 Å². The number of aliphatic hydroxyl groups is 1. The van der Waals surface area contributed by atoms with Crippen LogP contribution in [-0.4, -0.2) is 18.8 Å². The lowest BCUT2D eigenvalue weighted by molar-refractivity contribution is 0.205. The molecule has 0 radical (unpaired) electrons. The summed E-state index contributed by atoms with van der Waals surface area (Å²) in [6, 6.07) is 4.46. The van der Waals surface area contributed by atoms with E-state index in [1.54, 1.807) is 13.0 Å². The highest BCUT2D eigenvalue weighted by Gasteiger charge is 2.25. The minimum Gasteiger partial charge on any atom is -0.493 e. The second-order valence-corrected chi connectivity index (χ2v) is 3.40. The van der Waals surface area contributed by atoms with E-state index in [2.05, 4.69) is 0 Å². The van der Waals surface area contributed by atoms with Crippen molar-refractivity contribution in [1.29, 1.82) is 0 Å². The van der Waals surface area contributed by atoms with Gasteiger partial charge >= 0.3 is 0 Å². The van der Waals surface area contributed by atoms with Gasteiger partial charge in [0.1, 0.15) is 0 Å². The molecule has 3 nitrogen and oxygen atoms in total. The summed E-state index contributed by atoms with van der Waals surface area (Å²) >= 11 is 0. The van der Waals surface area contributed by atoms with Crippen LogP contribution >= 0.6 is 0 Å². The van der Waals surface area contributed by atoms with E-state index in [-0.39, 0.29) is 12.4 Å². The standard InChI is InChI=1S/C10H14FNO2/c1-10(12,6-13)7-4-3-5-8(11)9(7)14-2/h3-5,13H,6,12H2,1-2H3/t10-/m1/s1. The molecule has 0 fully saturated rings. The first-order valence-corrected chi connectivity index (χ1v) is 4.25. The number of ether oxygens (including phenoxy) is 1. The number of hydrogen-bond acceptors (Lipinski definition) is 3. The van der Waals surface area contributed by atoms with Gasteiger partial charge < -0.3 is 15.6 Å². The van der Waals surface area contributed by atoms with Crippen molar-refractivity contribution in [2.75, 3.05) is 13.7 Å². The second kappa shape index (κ2) is 3.94. The van der Waals surface area contributed by atoms with E-state index < -0.39 is 11.4 Å². The third-order valence-electron chi connectivity index (χ3n) is 2.11. The molecule has 0 amide bonds. The van der Waals surface area contributed by atoms with Crippen LogP contribution < -0.4 is 10.5 Å². The van der Waals surface area contributed by atoms with E-state index in [1.807, 2.05) is 0 Å². The normalized spacial score (nSPS) is 14.9. The van der Waals surface area contributed by atoms with Gasteiger partial charge in [-0.3, -0.25) is 0 Å². The lowest BCUT2D eigenvalue weighted by atomic mass is 9.93. The second-order valence-electron chi connectivity index (χ2n) is 3.40. The Morgan fingerprint density at radius 1 is 1.57 bits per heavy atom. The molecule has 1 aromatic rings. The van der Waals surface area contributed by atoms with Gasteiger partial charge in [0.05, 0.1) is 19.3 Å². The maximum atomic E-state index is 13.3. The minimum atomic E-state index is -0.993. The third kappa shape index (κ3) is 1.86. The molecular weight excluding hydrogens is 185 g/mol. The van der Waals surface area contributed by atoms with Gasteiger partial charge in [-0.25, -0.2) is 4.39 Å². The lowest BCUT2D eigenvalue weighted by Crippen LogP contribution is -2.37. The van der Waals surface area contributed by atoms with Crippen molar-refractivity contribution < 1.29 is 14.2 Å². The Bertz CT molecular complexity index is 326. The van der Waals surface area contributed by atoms with Gasteiger partial charge in [-0.1, -0.05) is 12.1 Å². The van der Waals surface area contributed by atoms with Crippen LogP contribution in [0.2, 0.25) is 0 Å². The van der Waals surface area contributed by atoms with E-state index in [0.717, 1.165) is 0 Å². The number of halogens is 1. The van der Waals surface area contributed by atoms with Crippen LogP contribution in [-0.2, 0) is 5.54 Å². The Balaban J connectivity index is 3.27. The van der Waals surface area contributed by atoms with Crippen LogP contribution in [0, 0.1) is 5.82 Å². The van der Waals surface area contributed by atoms with Gasteiger partial charge in [0.2, 0.25) is 0 Å². The molecule has 0 aliphatic rings. The third-order valence-corrected chi connectivity index (χ3v) is 2.11. The molecule has 0 bridgehead atoms. The number of benzene rings is 1. The summed E-state index contributed by atoms with van der Waals surface area (Å²) in [6.45, 7) is 1.34. The number of hydrogen-bond donors (Lipinski definition) is 2. The zero-order valence-electron chi connectivity index (χ0n) is 8.25. The molecule has 0 spiro atoms. The van der Waals surface area contributed by atoms with Crippen molar-refractivity contribution in [2.45, 2.75) is 12.5 Å². The number of nitrogens with two attached hydrogens (primary N) is 1. The van der Waals surface area contributed by atoms with E-state index in [1.165, 1.54) is 19.2 Å². The summed E-state index contributed by atoms with van der Waals surface area (Å²) in [6.07, 6.45) is 0. The van der Waals surface area contributed by atoms with Gasteiger partial charge in [0, 0.05) is 5.56 Å². The molecule has 1 atom stereocenters. The van der Waals surface area contributed by atoms with Crippen LogP contribution in [0.3, 0.4) is 0 Å². The largest absolute Gasteiger partial charge is 0.493 e. The molecular formula is C10H14FNO2. The molecule has 0 heterocycles. The summed E-state index contributed by atoms with van der Waals surface area (Å²) < 4.78 is 18.2. The predicted molar refractivity (Wildman–Crippen MR) is 51.6 cm³/mol. The highest BCUT2D eigenvalue weighted by atomic mass is 19.1. The average Bonchev–Trinajstić information content (AvgIpc) is 2.17. The smallest absolute Gasteiger partial charge is 0.165 e. The van der Waals surface area contributed by atoms with Gasteiger partial charge in [-0.2, -0.15) is 0 Å². The number of methoxy groups -OCH3 is 1. The van der Waals surface area contributed by atoms with Gasteiger partial charge in [-0.05, 0) is 13.0 Å². The minimum absolute atomic E-state index is 0.0894. The molecule has 78 valence electrons. The molecule has 0 saturated carbocycles. The van der Waals surface area contributed by atoms with Gasteiger partial charge in [0.15, 0.2) is 11.6 Å². The monoisotopic (exact) mass is 199 g/mol. The van der Waals surface area contributed by atoms with Crippen molar-refractivity contribution in [2.24, 2.45) is 5.73 Å². The Morgan fingerprint density at radius 3 is 2.71 bits per heavy atom. The van der Waals surface area contributed by atoms with E-state index >= 15 is 0 Å². The number of aliphatic hydroxyl groups excluding tert-OH is 1. The highest BCUT2D eigenvalue weighted by molar-refractivity contribution is 5.39. The van der Waals surface area contributed by atoms with Crippen LogP contribution in [0.5, 0.6) is 5.75 Å². The Labute approximate surface area is 82.3 Å². The molecule has 0 aliphatic carbocycles. The summed E-state index contributed by atoms with van der Waals surface area (Å²) in [5.41, 5.74) is 5.25. The number of rotatable bonds is 3. The highest BCUT2D eigenvalue weighted by Crippen LogP contribution is 2.29. The Kier molecular flexibility index (Phi) is 3.08. The van der Waals surface area contributed by atoms with Crippen LogP contribution in [0.1, 0.15) is 12.5 Å². The van der Waals surface area contributed by atoms with E-state index in [4.69, 9.17) is 15.6 Å². The van der Waals surface area contributed by atoms with Gasteiger partial charge in [0.25, 0.3) is 0 Å². The Hall–Kier alpha value is -1.13. The zero-order chi connectivity index (χ0) is 10.8. The number of para-hydroxylation sites is 1. The van der Waals surface area contributed by atoms with Crippen LogP contribution in [0.25, 0.3) is 0 Å². The molecule has 14 heavy (non-hydrogen) atoms. The average molecular weight is 199 g/mol. The van der Waals surface area contributed by atoms with E-state index in [0.29, 0.717) is 5.56 Å². The summed E-state index contributed by atoms with van der Waals surface area (Å²) in [5, 5.41) is 9.06.